The number of hydrogen-bond acceptors (Lipinski definition) is 3. The number of carbonyl (C=O) groups is 2. The van der Waals surface area contributed by atoms with Crippen molar-refractivity contribution < 1.29 is 9.59 Å². The Morgan fingerprint density at radius 1 is 1.27 bits per heavy atom. The average molecular weight is 337 g/mol. The van der Waals surface area contributed by atoms with Crippen molar-refractivity contribution in [2.75, 3.05) is 5.32 Å². The van der Waals surface area contributed by atoms with Crippen molar-refractivity contribution in [1.82, 2.24) is 5.32 Å². The van der Waals surface area contributed by atoms with E-state index in [2.05, 4.69) is 10.6 Å². The molecule has 116 valence electrons. The number of amides is 2. The second-order valence-corrected chi connectivity index (χ2v) is 6.26. The largest absolute Gasteiger partial charge is 0.350 e. The number of carbonyl (C=O) groups excluding carboxylic acids is 2. The van der Waals surface area contributed by atoms with Crippen LogP contribution in [-0.2, 0) is 0 Å². The van der Waals surface area contributed by atoms with Crippen LogP contribution >= 0.6 is 22.9 Å². The molecule has 0 radical (unpaired) electrons. The van der Waals surface area contributed by atoms with Crippen molar-refractivity contribution >= 4 is 40.4 Å². The molecule has 0 fully saturated rings. The van der Waals surface area contributed by atoms with Gasteiger partial charge in [-0.2, -0.15) is 0 Å². The van der Waals surface area contributed by atoms with E-state index < -0.39 is 0 Å². The summed E-state index contributed by atoms with van der Waals surface area (Å²) in [6.07, 6.45) is 0.849. The molecule has 2 aromatic rings. The molecule has 0 saturated carbocycles. The first kappa shape index (κ1) is 16.5. The van der Waals surface area contributed by atoms with Gasteiger partial charge in [0, 0.05) is 11.6 Å². The van der Waals surface area contributed by atoms with E-state index >= 15 is 0 Å². The normalized spacial score (nSPS) is 11.8. The van der Waals surface area contributed by atoms with Crippen molar-refractivity contribution in [3.05, 3.63) is 51.2 Å². The Kier molecular flexibility index (Phi) is 5.57. The second kappa shape index (κ2) is 7.42. The number of anilines is 1. The van der Waals surface area contributed by atoms with Gasteiger partial charge in [-0.3, -0.25) is 9.59 Å². The molecule has 1 heterocycles. The predicted molar refractivity (Wildman–Crippen MR) is 90.9 cm³/mol. The van der Waals surface area contributed by atoms with Gasteiger partial charge in [0.05, 0.1) is 15.6 Å². The number of nitrogens with one attached hydrogen (secondary N) is 2. The fraction of sp³-hybridized carbons (Fsp3) is 0.250. The molecule has 0 aliphatic heterocycles. The summed E-state index contributed by atoms with van der Waals surface area (Å²) in [6.45, 7) is 3.94. The van der Waals surface area contributed by atoms with Crippen LogP contribution in [0.5, 0.6) is 0 Å². The number of thiophene rings is 1. The summed E-state index contributed by atoms with van der Waals surface area (Å²) in [5, 5.41) is 7.83. The van der Waals surface area contributed by atoms with E-state index in [4.69, 9.17) is 11.6 Å². The van der Waals surface area contributed by atoms with Gasteiger partial charge in [0.15, 0.2) is 0 Å². The van der Waals surface area contributed by atoms with E-state index in [1.54, 1.807) is 30.3 Å². The lowest BCUT2D eigenvalue weighted by Gasteiger charge is -2.13. The highest BCUT2D eigenvalue weighted by Crippen LogP contribution is 2.24. The highest BCUT2D eigenvalue weighted by atomic mass is 35.5. The van der Waals surface area contributed by atoms with Crippen LogP contribution in [0.3, 0.4) is 0 Å². The minimum Gasteiger partial charge on any atom is -0.350 e. The minimum absolute atomic E-state index is 0.0901. The first-order valence-corrected chi connectivity index (χ1v) is 8.22. The minimum atomic E-state index is -0.239. The zero-order valence-corrected chi connectivity index (χ0v) is 13.9. The van der Waals surface area contributed by atoms with Gasteiger partial charge in [-0.15, -0.1) is 11.3 Å². The Morgan fingerprint density at radius 2 is 2.05 bits per heavy atom. The summed E-state index contributed by atoms with van der Waals surface area (Å²) in [6, 6.07) is 8.46. The lowest BCUT2D eigenvalue weighted by atomic mass is 10.1. The Labute approximate surface area is 138 Å². The molecule has 1 atom stereocenters. The first-order chi connectivity index (χ1) is 10.5. The maximum Gasteiger partial charge on any atom is 0.265 e. The molecule has 0 spiro atoms. The van der Waals surface area contributed by atoms with E-state index in [-0.39, 0.29) is 17.9 Å². The summed E-state index contributed by atoms with van der Waals surface area (Å²) in [5.74, 6) is -0.422. The molecule has 1 unspecified atom stereocenters. The molecule has 6 heteroatoms. The molecule has 0 aliphatic rings. The molecule has 1 aromatic carbocycles. The fourth-order valence-corrected chi connectivity index (χ4v) is 2.55. The zero-order valence-electron chi connectivity index (χ0n) is 12.4. The van der Waals surface area contributed by atoms with Crippen molar-refractivity contribution in [3.8, 4) is 0 Å². The lowest BCUT2D eigenvalue weighted by Crippen LogP contribution is -2.31. The predicted octanol–water partition coefficient (Wildman–Crippen LogP) is 4.18. The van der Waals surface area contributed by atoms with Gasteiger partial charge in [-0.05, 0) is 43.0 Å². The monoisotopic (exact) mass is 336 g/mol. The average Bonchev–Trinajstić information content (AvgIpc) is 3.03. The van der Waals surface area contributed by atoms with E-state index in [1.165, 1.54) is 11.3 Å². The van der Waals surface area contributed by atoms with Crippen molar-refractivity contribution in [2.45, 2.75) is 26.3 Å². The lowest BCUT2D eigenvalue weighted by molar-refractivity contribution is 0.0938. The standard InChI is InChI=1S/C16H17ClN2O2S/c1-3-10(2)18-15(20)11-6-7-12(17)13(9-11)19-16(21)14-5-4-8-22-14/h4-10H,3H2,1-2H3,(H,18,20)(H,19,21). The molecular formula is C16H17ClN2O2S. The second-order valence-electron chi connectivity index (χ2n) is 4.91. The van der Waals surface area contributed by atoms with Crippen LogP contribution in [0.2, 0.25) is 5.02 Å². The molecule has 2 rings (SSSR count). The third kappa shape index (κ3) is 4.08. The summed E-state index contributed by atoms with van der Waals surface area (Å²) in [4.78, 5) is 24.8. The smallest absolute Gasteiger partial charge is 0.265 e. The third-order valence-corrected chi connectivity index (χ3v) is 4.41. The van der Waals surface area contributed by atoms with Gasteiger partial charge >= 0.3 is 0 Å². The van der Waals surface area contributed by atoms with E-state index in [0.717, 1.165) is 6.42 Å². The van der Waals surface area contributed by atoms with Crippen molar-refractivity contribution in [3.63, 3.8) is 0 Å². The van der Waals surface area contributed by atoms with Crippen LogP contribution < -0.4 is 10.6 Å². The van der Waals surface area contributed by atoms with Gasteiger partial charge in [0.2, 0.25) is 0 Å². The van der Waals surface area contributed by atoms with E-state index in [9.17, 15) is 9.59 Å². The molecule has 4 nitrogen and oxygen atoms in total. The zero-order chi connectivity index (χ0) is 16.1. The molecular weight excluding hydrogens is 320 g/mol. The van der Waals surface area contributed by atoms with Crippen LogP contribution in [-0.4, -0.2) is 17.9 Å². The maximum atomic E-state index is 12.1. The Hall–Kier alpha value is -1.85. The van der Waals surface area contributed by atoms with Gasteiger partial charge < -0.3 is 10.6 Å². The summed E-state index contributed by atoms with van der Waals surface area (Å²) < 4.78 is 0. The van der Waals surface area contributed by atoms with Crippen LogP contribution in [0, 0.1) is 0 Å². The van der Waals surface area contributed by atoms with Crippen LogP contribution in [0.25, 0.3) is 0 Å². The Morgan fingerprint density at radius 3 is 2.68 bits per heavy atom. The first-order valence-electron chi connectivity index (χ1n) is 6.96. The molecule has 0 saturated heterocycles. The Balaban J connectivity index is 2.16. The number of hydrogen-bond donors (Lipinski definition) is 2. The number of rotatable bonds is 5. The molecule has 1 aromatic heterocycles. The topological polar surface area (TPSA) is 58.2 Å². The SMILES string of the molecule is CCC(C)NC(=O)c1ccc(Cl)c(NC(=O)c2cccs2)c1. The number of halogens is 1. The summed E-state index contributed by atoms with van der Waals surface area (Å²) >= 11 is 7.44. The van der Waals surface area contributed by atoms with E-state index in [0.29, 0.717) is 21.2 Å². The summed E-state index contributed by atoms with van der Waals surface area (Å²) in [5.41, 5.74) is 0.892. The van der Waals surface area contributed by atoms with Crippen molar-refractivity contribution in [1.29, 1.82) is 0 Å². The van der Waals surface area contributed by atoms with Crippen molar-refractivity contribution in [2.24, 2.45) is 0 Å². The van der Waals surface area contributed by atoms with Crippen LogP contribution in [0.4, 0.5) is 5.69 Å². The molecule has 22 heavy (non-hydrogen) atoms. The quantitative estimate of drug-likeness (QED) is 0.860. The van der Waals surface area contributed by atoms with Gasteiger partial charge in [-0.25, -0.2) is 0 Å². The van der Waals surface area contributed by atoms with Crippen LogP contribution in [0.1, 0.15) is 40.3 Å². The van der Waals surface area contributed by atoms with Gasteiger partial charge in [0.1, 0.15) is 0 Å². The third-order valence-electron chi connectivity index (χ3n) is 3.21. The summed E-state index contributed by atoms with van der Waals surface area (Å²) in [7, 11) is 0. The molecule has 2 amide bonds. The molecule has 0 bridgehead atoms. The highest BCUT2D eigenvalue weighted by molar-refractivity contribution is 7.12. The van der Waals surface area contributed by atoms with E-state index in [1.807, 2.05) is 19.2 Å². The van der Waals surface area contributed by atoms with Crippen LogP contribution in [0.15, 0.2) is 35.7 Å². The van der Waals surface area contributed by atoms with Gasteiger partial charge in [-0.1, -0.05) is 24.6 Å². The maximum absolute atomic E-state index is 12.1. The van der Waals surface area contributed by atoms with Gasteiger partial charge in [0.25, 0.3) is 11.8 Å². The number of benzene rings is 1. The highest BCUT2D eigenvalue weighted by Gasteiger charge is 2.13. The fourth-order valence-electron chi connectivity index (χ4n) is 1.76. The Bertz CT molecular complexity index is 671. The molecule has 2 N–H and O–H groups in total. The molecule has 0 aliphatic carbocycles.